The summed E-state index contributed by atoms with van der Waals surface area (Å²) >= 11 is 3.01. The number of nitrogens with zero attached hydrogens (tertiary/aromatic N) is 1. The number of benzene rings is 1. The molecule has 1 aliphatic rings. The highest BCUT2D eigenvalue weighted by Gasteiger charge is 2.27. The topological polar surface area (TPSA) is 32.7 Å². The molecule has 106 valence electrons. The maximum Gasteiger partial charge on any atom is 0.143 e. The zero-order valence-electron chi connectivity index (χ0n) is 10.6. The number of morpholine rings is 1. The Morgan fingerprint density at radius 1 is 1.53 bits per heavy atom. The molecule has 0 saturated carbocycles. The minimum Gasteiger partial charge on any atom is -0.390 e. The van der Waals surface area contributed by atoms with Crippen molar-refractivity contribution < 1.29 is 18.6 Å². The molecule has 0 aromatic heterocycles. The second kappa shape index (κ2) is 6.26. The normalized spacial score (nSPS) is 22.5. The number of aliphatic hydroxyl groups excluding tert-OH is 1. The molecule has 1 aromatic rings. The SMILES string of the molecule is CN1CCOC(C(O)Cc2c(F)ccc(Br)c2F)C1. The molecule has 1 aliphatic heterocycles. The van der Waals surface area contributed by atoms with Gasteiger partial charge in [-0.25, -0.2) is 8.78 Å². The number of aliphatic hydroxyl groups is 1. The molecule has 2 rings (SSSR count). The number of ether oxygens (including phenoxy) is 1. The fourth-order valence-electron chi connectivity index (χ4n) is 2.14. The first-order chi connectivity index (χ1) is 8.99. The van der Waals surface area contributed by atoms with Gasteiger partial charge >= 0.3 is 0 Å². The van der Waals surface area contributed by atoms with E-state index >= 15 is 0 Å². The van der Waals surface area contributed by atoms with Crippen LogP contribution in [0.1, 0.15) is 5.56 Å². The second-order valence-electron chi connectivity index (χ2n) is 4.76. The van der Waals surface area contributed by atoms with E-state index in [9.17, 15) is 13.9 Å². The molecule has 0 amide bonds. The Kier molecular flexibility index (Phi) is 4.89. The van der Waals surface area contributed by atoms with Crippen LogP contribution in [-0.2, 0) is 11.2 Å². The van der Waals surface area contributed by atoms with E-state index in [0.717, 1.165) is 6.54 Å². The Balaban J connectivity index is 2.10. The number of hydrogen-bond acceptors (Lipinski definition) is 3. The maximum absolute atomic E-state index is 13.8. The van der Waals surface area contributed by atoms with Crippen molar-refractivity contribution in [3.05, 3.63) is 33.8 Å². The van der Waals surface area contributed by atoms with Gasteiger partial charge in [-0.1, -0.05) is 0 Å². The van der Waals surface area contributed by atoms with Crippen molar-refractivity contribution >= 4 is 15.9 Å². The van der Waals surface area contributed by atoms with E-state index < -0.39 is 23.8 Å². The molecule has 3 nitrogen and oxygen atoms in total. The summed E-state index contributed by atoms with van der Waals surface area (Å²) in [6.45, 7) is 1.86. The standard InChI is InChI=1S/C13H16BrF2NO2/c1-17-4-5-19-12(7-17)11(18)6-8-10(15)3-2-9(14)13(8)16/h2-3,11-12,18H,4-7H2,1H3. The summed E-state index contributed by atoms with van der Waals surface area (Å²) < 4.78 is 33.1. The van der Waals surface area contributed by atoms with Crippen LogP contribution in [0.3, 0.4) is 0 Å². The van der Waals surface area contributed by atoms with Crippen LogP contribution in [0, 0.1) is 11.6 Å². The van der Waals surface area contributed by atoms with E-state index in [4.69, 9.17) is 4.74 Å². The summed E-state index contributed by atoms with van der Waals surface area (Å²) in [6.07, 6.45) is -1.45. The Morgan fingerprint density at radius 2 is 2.26 bits per heavy atom. The van der Waals surface area contributed by atoms with Crippen molar-refractivity contribution in [3.63, 3.8) is 0 Å². The lowest BCUT2D eigenvalue weighted by Gasteiger charge is -2.33. The van der Waals surface area contributed by atoms with Gasteiger partial charge in [-0.05, 0) is 35.1 Å². The molecule has 0 radical (unpaired) electrons. The third kappa shape index (κ3) is 3.51. The monoisotopic (exact) mass is 335 g/mol. The van der Waals surface area contributed by atoms with Crippen LogP contribution >= 0.6 is 15.9 Å². The first-order valence-corrected chi connectivity index (χ1v) is 6.89. The van der Waals surface area contributed by atoms with E-state index in [2.05, 4.69) is 15.9 Å². The number of likely N-dealkylation sites (N-methyl/N-ethyl adjacent to an activating group) is 1. The summed E-state index contributed by atoms with van der Waals surface area (Å²) in [5.74, 6) is -1.31. The molecule has 2 unspecified atom stereocenters. The van der Waals surface area contributed by atoms with Crippen LogP contribution in [0.25, 0.3) is 0 Å². The van der Waals surface area contributed by atoms with Gasteiger partial charge in [0.05, 0.1) is 23.3 Å². The largest absolute Gasteiger partial charge is 0.390 e. The molecule has 6 heteroatoms. The van der Waals surface area contributed by atoms with Crippen LogP contribution in [0.4, 0.5) is 8.78 Å². The fraction of sp³-hybridized carbons (Fsp3) is 0.538. The molecule has 0 aliphatic carbocycles. The van der Waals surface area contributed by atoms with Gasteiger partial charge in [0.1, 0.15) is 11.6 Å². The lowest BCUT2D eigenvalue weighted by molar-refractivity contribution is -0.0826. The van der Waals surface area contributed by atoms with Gasteiger partial charge in [0.25, 0.3) is 0 Å². The molecular weight excluding hydrogens is 320 g/mol. The minimum atomic E-state index is -0.930. The maximum atomic E-state index is 13.8. The summed E-state index contributed by atoms with van der Waals surface area (Å²) in [7, 11) is 1.92. The number of halogens is 3. The minimum absolute atomic E-state index is 0.102. The third-order valence-electron chi connectivity index (χ3n) is 3.28. The van der Waals surface area contributed by atoms with Crippen molar-refractivity contribution in [1.29, 1.82) is 0 Å². The molecular formula is C13H16BrF2NO2. The van der Waals surface area contributed by atoms with E-state index in [1.807, 2.05) is 11.9 Å². The van der Waals surface area contributed by atoms with Crippen molar-refractivity contribution in [2.24, 2.45) is 0 Å². The molecule has 1 fully saturated rings. The average Bonchev–Trinajstić information content (AvgIpc) is 2.39. The highest BCUT2D eigenvalue weighted by Crippen LogP contribution is 2.24. The molecule has 0 spiro atoms. The predicted octanol–water partition coefficient (Wildman–Crippen LogP) is 1.96. The highest BCUT2D eigenvalue weighted by molar-refractivity contribution is 9.10. The van der Waals surface area contributed by atoms with Crippen LogP contribution in [0.5, 0.6) is 0 Å². The van der Waals surface area contributed by atoms with Crippen molar-refractivity contribution in [1.82, 2.24) is 4.90 Å². The lowest BCUT2D eigenvalue weighted by Crippen LogP contribution is -2.46. The van der Waals surface area contributed by atoms with Crippen LogP contribution < -0.4 is 0 Å². The first-order valence-electron chi connectivity index (χ1n) is 6.09. The summed E-state index contributed by atoms with van der Waals surface area (Å²) in [6, 6.07) is 2.49. The van der Waals surface area contributed by atoms with Gasteiger partial charge in [-0.15, -0.1) is 0 Å². The molecule has 2 atom stereocenters. The molecule has 1 saturated heterocycles. The van der Waals surface area contributed by atoms with Crippen molar-refractivity contribution in [2.45, 2.75) is 18.6 Å². The van der Waals surface area contributed by atoms with Gasteiger partial charge in [0.15, 0.2) is 0 Å². The average molecular weight is 336 g/mol. The number of rotatable bonds is 3. The van der Waals surface area contributed by atoms with Crippen molar-refractivity contribution in [3.8, 4) is 0 Å². The zero-order valence-corrected chi connectivity index (χ0v) is 12.2. The second-order valence-corrected chi connectivity index (χ2v) is 5.62. The van der Waals surface area contributed by atoms with Gasteiger partial charge < -0.3 is 14.7 Å². The zero-order chi connectivity index (χ0) is 14.0. The molecule has 0 bridgehead atoms. The molecule has 19 heavy (non-hydrogen) atoms. The van der Waals surface area contributed by atoms with E-state index in [1.165, 1.54) is 12.1 Å². The fourth-order valence-corrected chi connectivity index (χ4v) is 2.51. The first kappa shape index (κ1) is 14.8. The predicted molar refractivity (Wildman–Crippen MR) is 71.0 cm³/mol. The summed E-state index contributed by atoms with van der Waals surface area (Å²) in [4.78, 5) is 2.02. The van der Waals surface area contributed by atoms with Crippen LogP contribution in [0.2, 0.25) is 0 Å². The van der Waals surface area contributed by atoms with E-state index in [0.29, 0.717) is 13.2 Å². The number of hydrogen-bond donors (Lipinski definition) is 1. The summed E-state index contributed by atoms with van der Waals surface area (Å²) in [5.41, 5.74) is -0.112. The van der Waals surface area contributed by atoms with Gasteiger partial charge in [0.2, 0.25) is 0 Å². The van der Waals surface area contributed by atoms with Gasteiger partial charge in [-0.2, -0.15) is 0 Å². The third-order valence-corrected chi connectivity index (χ3v) is 3.89. The van der Waals surface area contributed by atoms with Crippen molar-refractivity contribution in [2.75, 3.05) is 26.7 Å². The molecule has 1 N–H and O–H groups in total. The molecule has 1 aromatic carbocycles. The Labute approximate surface area is 119 Å². The summed E-state index contributed by atoms with van der Waals surface area (Å²) in [5, 5.41) is 10.1. The van der Waals surface area contributed by atoms with Crippen LogP contribution in [0.15, 0.2) is 16.6 Å². The van der Waals surface area contributed by atoms with E-state index in [1.54, 1.807) is 0 Å². The van der Waals surface area contributed by atoms with E-state index in [-0.39, 0.29) is 16.5 Å². The smallest absolute Gasteiger partial charge is 0.143 e. The Bertz CT molecular complexity index is 459. The molecule has 1 heterocycles. The van der Waals surface area contributed by atoms with Crippen LogP contribution in [-0.4, -0.2) is 49.0 Å². The Hall–Kier alpha value is -0.560. The highest BCUT2D eigenvalue weighted by atomic mass is 79.9. The quantitative estimate of drug-likeness (QED) is 0.857. The van der Waals surface area contributed by atoms with Gasteiger partial charge in [-0.3, -0.25) is 0 Å². The van der Waals surface area contributed by atoms with Gasteiger partial charge in [0, 0.05) is 25.1 Å². The Morgan fingerprint density at radius 3 is 2.95 bits per heavy atom. The lowest BCUT2D eigenvalue weighted by atomic mass is 10.0.